The quantitative estimate of drug-likeness (QED) is 0.704. The van der Waals surface area contributed by atoms with Crippen LogP contribution in [0.3, 0.4) is 0 Å². The standard InChI is InChI=1S/C18H18N2O4S/c1-22-15-6-2-4-11-8-13(17(21)24-16(11)15)14-10-25-18(20-14)19-9-12-5-3-7-23-12/h2,4,6,8,10,12H,3,5,7,9H2,1H3,(H,19,20). The zero-order chi connectivity index (χ0) is 17.2. The first-order chi connectivity index (χ1) is 12.2. The predicted molar refractivity (Wildman–Crippen MR) is 97.6 cm³/mol. The molecule has 1 aliphatic heterocycles. The Morgan fingerprint density at radius 2 is 2.36 bits per heavy atom. The van der Waals surface area contributed by atoms with Gasteiger partial charge in [0.25, 0.3) is 0 Å². The minimum absolute atomic E-state index is 0.241. The monoisotopic (exact) mass is 358 g/mol. The number of hydrogen-bond donors (Lipinski definition) is 1. The molecule has 3 aromatic rings. The molecule has 1 fully saturated rings. The van der Waals surface area contributed by atoms with E-state index < -0.39 is 5.63 Å². The van der Waals surface area contributed by atoms with Gasteiger partial charge in [-0.1, -0.05) is 12.1 Å². The fourth-order valence-electron chi connectivity index (χ4n) is 2.94. The second-order valence-corrected chi connectivity index (χ2v) is 6.74. The van der Waals surface area contributed by atoms with Gasteiger partial charge in [0.15, 0.2) is 16.5 Å². The number of fused-ring (bicyclic) bond motifs is 1. The Kier molecular flexibility index (Phi) is 4.42. The van der Waals surface area contributed by atoms with Crippen LogP contribution >= 0.6 is 11.3 Å². The first kappa shape index (κ1) is 16.1. The Morgan fingerprint density at radius 1 is 1.44 bits per heavy atom. The number of ether oxygens (including phenoxy) is 2. The van der Waals surface area contributed by atoms with Crippen LogP contribution in [0.5, 0.6) is 5.75 Å². The molecule has 1 unspecified atom stereocenters. The molecule has 25 heavy (non-hydrogen) atoms. The SMILES string of the molecule is COc1cccc2cc(-c3csc(NCC4CCCO4)n3)c(=O)oc12. The lowest BCUT2D eigenvalue weighted by Gasteiger charge is -2.09. The van der Waals surface area contributed by atoms with Gasteiger partial charge in [0, 0.05) is 23.9 Å². The van der Waals surface area contributed by atoms with Gasteiger partial charge in [-0.15, -0.1) is 11.3 Å². The molecule has 1 aromatic carbocycles. The molecule has 1 N–H and O–H groups in total. The minimum atomic E-state index is -0.423. The summed E-state index contributed by atoms with van der Waals surface area (Å²) in [5.74, 6) is 0.540. The molecule has 0 aliphatic carbocycles. The molecule has 4 rings (SSSR count). The van der Waals surface area contributed by atoms with Gasteiger partial charge in [-0.3, -0.25) is 0 Å². The van der Waals surface area contributed by atoms with E-state index in [4.69, 9.17) is 13.9 Å². The molecule has 1 saturated heterocycles. The van der Waals surface area contributed by atoms with Gasteiger partial charge in [0.05, 0.1) is 24.5 Å². The van der Waals surface area contributed by atoms with E-state index in [0.717, 1.165) is 36.5 Å². The number of rotatable bonds is 5. The second kappa shape index (κ2) is 6.85. The third-order valence-corrected chi connectivity index (χ3v) is 5.03. The average molecular weight is 358 g/mol. The van der Waals surface area contributed by atoms with Crippen LogP contribution in [-0.2, 0) is 4.74 Å². The molecule has 0 bridgehead atoms. The van der Waals surface area contributed by atoms with E-state index in [1.54, 1.807) is 19.2 Å². The van der Waals surface area contributed by atoms with Crippen molar-refractivity contribution in [1.82, 2.24) is 4.98 Å². The van der Waals surface area contributed by atoms with Crippen molar-refractivity contribution in [3.63, 3.8) is 0 Å². The van der Waals surface area contributed by atoms with Crippen molar-refractivity contribution < 1.29 is 13.9 Å². The number of anilines is 1. The van der Waals surface area contributed by atoms with E-state index in [0.29, 0.717) is 22.6 Å². The first-order valence-electron chi connectivity index (χ1n) is 8.17. The second-order valence-electron chi connectivity index (χ2n) is 5.88. The number of benzene rings is 1. The maximum Gasteiger partial charge on any atom is 0.345 e. The summed E-state index contributed by atoms with van der Waals surface area (Å²) in [5, 5.41) is 6.71. The number of nitrogens with zero attached hydrogens (tertiary/aromatic N) is 1. The molecule has 130 valence electrons. The van der Waals surface area contributed by atoms with Crippen molar-refractivity contribution in [1.29, 1.82) is 0 Å². The maximum absolute atomic E-state index is 12.4. The number of para-hydroxylation sites is 1. The maximum atomic E-state index is 12.4. The van der Waals surface area contributed by atoms with Gasteiger partial charge >= 0.3 is 5.63 Å². The Labute approximate surface area is 148 Å². The van der Waals surface area contributed by atoms with Crippen molar-refractivity contribution in [3.8, 4) is 17.0 Å². The molecule has 0 spiro atoms. The van der Waals surface area contributed by atoms with E-state index in [9.17, 15) is 4.79 Å². The van der Waals surface area contributed by atoms with E-state index in [-0.39, 0.29) is 6.10 Å². The van der Waals surface area contributed by atoms with Crippen molar-refractivity contribution in [2.45, 2.75) is 18.9 Å². The highest BCUT2D eigenvalue weighted by molar-refractivity contribution is 7.14. The van der Waals surface area contributed by atoms with E-state index in [1.807, 2.05) is 17.5 Å². The molecule has 0 amide bonds. The Bertz CT molecular complexity index is 944. The Balaban J connectivity index is 1.61. The highest BCUT2D eigenvalue weighted by Gasteiger charge is 2.17. The molecular formula is C18H18N2O4S. The van der Waals surface area contributed by atoms with Gasteiger partial charge in [-0.2, -0.15) is 0 Å². The summed E-state index contributed by atoms with van der Waals surface area (Å²) < 4.78 is 16.3. The normalized spacial score (nSPS) is 17.1. The molecule has 1 atom stereocenters. The lowest BCUT2D eigenvalue weighted by Crippen LogP contribution is -2.18. The summed E-state index contributed by atoms with van der Waals surface area (Å²) in [4.78, 5) is 16.9. The number of hydrogen-bond acceptors (Lipinski definition) is 7. The predicted octanol–water partition coefficient (Wildman–Crippen LogP) is 3.52. The Hall–Kier alpha value is -2.38. The van der Waals surface area contributed by atoms with Crippen LogP contribution in [0.4, 0.5) is 5.13 Å². The minimum Gasteiger partial charge on any atom is -0.493 e. The zero-order valence-electron chi connectivity index (χ0n) is 13.8. The van der Waals surface area contributed by atoms with Crippen molar-refractivity contribution in [2.24, 2.45) is 0 Å². The third-order valence-electron chi connectivity index (χ3n) is 4.23. The highest BCUT2D eigenvalue weighted by Crippen LogP contribution is 2.29. The lowest BCUT2D eigenvalue weighted by molar-refractivity contribution is 0.120. The van der Waals surface area contributed by atoms with E-state index in [2.05, 4.69) is 10.3 Å². The van der Waals surface area contributed by atoms with Crippen LogP contribution in [0.25, 0.3) is 22.2 Å². The smallest absolute Gasteiger partial charge is 0.345 e. The molecule has 7 heteroatoms. The first-order valence-corrected chi connectivity index (χ1v) is 9.05. The fourth-order valence-corrected chi connectivity index (χ4v) is 3.66. The molecule has 2 aromatic heterocycles. The van der Waals surface area contributed by atoms with Crippen LogP contribution in [0.1, 0.15) is 12.8 Å². The lowest BCUT2D eigenvalue weighted by atomic mass is 10.1. The molecule has 0 radical (unpaired) electrons. The van der Waals surface area contributed by atoms with Gasteiger partial charge in [-0.05, 0) is 25.0 Å². The van der Waals surface area contributed by atoms with Crippen molar-refractivity contribution >= 4 is 27.4 Å². The van der Waals surface area contributed by atoms with Crippen molar-refractivity contribution in [2.75, 3.05) is 25.6 Å². The summed E-state index contributed by atoms with van der Waals surface area (Å²) >= 11 is 1.47. The van der Waals surface area contributed by atoms with Gasteiger partial charge in [0.1, 0.15) is 0 Å². The van der Waals surface area contributed by atoms with Gasteiger partial charge in [-0.25, -0.2) is 9.78 Å². The van der Waals surface area contributed by atoms with Crippen LogP contribution in [0.2, 0.25) is 0 Å². The average Bonchev–Trinajstić information content (AvgIpc) is 3.30. The number of methoxy groups -OCH3 is 1. The molecular weight excluding hydrogens is 340 g/mol. The van der Waals surface area contributed by atoms with E-state index >= 15 is 0 Å². The fraction of sp³-hybridized carbons (Fsp3) is 0.333. The van der Waals surface area contributed by atoms with Crippen LogP contribution in [-0.4, -0.2) is 31.3 Å². The summed E-state index contributed by atoms with van der Waals surface area (Å²) in [6, 6.07) is 7.30. The van der Waals surface area contributed by atoms with Crippen LogP contribution < -0.4 is 15.7 Å². The van der Waals surface area contributed by atoms with Crippen LogP contribution in [0, 0.1) is 0 Å². The summed E-state index contributed by atoms with van der Waals surface area (Å²) in [6.45, 7) is 1.56. The Morgan fingerprint density at radius 3 is 3.16 bits per heavy atom. The topological polar surface area (TPSA) is 73.6 Å². The third kappa shape index (κ3) is 3.25. The summed E-state index contributed by atoms with van der Waals surface area (Å²) in [7, 11) is 1.55. The van der Waals surface area contributed by atoms with Crippen molar-refractivity contribution in [3.05, 3.63) is 40.1 Å². The zero-order valence-corrected chi connectivity index (χ0v) is 14.6. The van der Waals surface area contributed by atoms with Gasteiger partial charge in [0.2, 0.25) is 0 Å². The molecule has 0 saturated carbocycles. The number of thiazole rings is 1. The summed E-state index contributed by atoms with van der Waals surface area (Å²) in [5.41, 5.74) is 1.08. The molecule has 6 nitrogen and oxygen atoms in total. The van der Waals surface area contributed by atoms with E-state index in [1.165, 1.54) is 11.3 Å². The van der Waals surface area contributed by atoms with Crippen LogP contribution in [0.15, 0.2) is 38.9 Å². The largest absolute Gasteiger partial charge is 0.493 e. The molecule has 3 heterocycles. The summed E-state index contributed by atoms with van der Waals surface area (Å²) in [6.07, 6.45) is 2.42. The number of aromatic nitrogens is 1. The van der Waals surface area contributed by atoms with Gasteiger partial charge < -0.3 is 19.2 Å². The molecule has 1 aliphatic rings. The highest BCUT2D eigenvalue weighted by atomic mass is 32.1. The number of nitrogens with one attached hydrogen (secondary N) is 1.